The van der Waals surface area contributed by atoms with Crippen molar-refractivity contribution in [3.05, 3.63) is 23.8 Å². The third-order valence-electron chi connectivity index (χ3n) is 11.5. The molecule has 2 saturated heterocycles. The van der Waals surface area contributed by atoms with Gasteiger partial charge in [0.05, 0.1) is 47.6 Å². The smallest absolute Gasteiger partial charge is 0.186 e. The van der Waals surface area contributed by atoms with Crippen LogP contribution in [0.1, 0.15) is 134 Å². The van der Waals surface area contributed by atoms with E-state index in [1.54, 1.807) is 0 Å². The predicted molar refractivity (Wildman–Crippen MR) is 231 cm³/mol. The number of aliphatic hydroxyl groups excluding tert-OH is 8. The highest BCUT2D eigenvalue weighted by atomic mass is 16.7. The zero-order valence-corrected chi connectivity index (χ0v) is 37.6. The number of aliphatic hydroxyl groups is 8. The molecule has 2 aliphatic heterocycles. The molecule has 0 saturated carbocycles. The summed E-state index contributed by atoms with van der Waals surface area (Å²) in [6, 6.07) is 6.33. The molecule has 0 spiro atoms. The van der Waals surface area contributed by atoms with E-state index in [-0.39, 0.29) is 0 Å². The molecule has 15 heteroatoms. The van der Waals surface area contributed by atoms with E-state index < -0.39 is 74.6 Å². The van der Waals surface area contributed by atoms with Crippen molar-refractivity contribution in [3.8, 4) is 11.5 Å². The molecule has 0 unspecified atom stereocenters. The number of unbranched alkanes of at least 4 members (excludes halogenated alkanes) is 18. The Hall–Kier alpha value is -1.70. The van der Waals surface area contributed by atoms with Crippen LogP contribution in [-0.2, 0) is 25.5 Å². The Morgan fingerprint density at radius 2 is 0.738 bits per heavy atom. The van der Waals surface area contributed by atoms with Gasteiger partial charge in [0, 0.05) is 24.8 Å². The minimum absolute atomic E-state index is 0.383. The zero-order valence-electron chi connectivity index (χ0n) is 37.6. The maximum absolute atomic E-state index is 10.1. The second-order valence-electron chi connectivity index (χ2n) is 18.2. The van der Waals surface area contributed by atoms with E-state index in [2.05, 4.69) is 33.3 Å². The molecule has 0 aliphatic carbocycles. The SMILES string of the molecule is C[N+](C)(C)Cc1cc(OCCCCCCCCCCCCO[C@@H]2O[C@H](CO)[C@H](O)[C@H](O)[C@H]2O)cc(OCCCCCCCCCCCCO[C@@H]2O[C@H](CO)[C@H](O)[C@H](O)[C@H]2O)c1. The number of quaternary nitrogens is 1. The van der Waals surface area contributed by atoms with Crippen LogP contribution in [0.4, 0.5) is 0 Å². The van der Waals surface area contributed by atoms with Crippen molar-refractivity contribution in [3.63, 3.8) is 0 Å². The molecule has 1 aromatic carbocycles. The first-order valence-corrected chi connectivity index (χ1v) is 23.4. The molecule has 0 radical (unpaired) electrons. The summed E-state index contributed by atoms with van der Waals surface area (Å²) in [5.74, 6) is 1.75. The predicted octanol–water partition coefficient (Wildman–Crippen LogP) is 4.09. The summed E-state index contributed by atoms with van der Waals surface area (Å²) in [5.41, 5.74) is 1.21. The Kier molecular flexibility index (Phi) is 26.8. The molecule has 3 rings (SSSR count). The Morgan fingerprint density at radius 1 is 0.426 bits per heavy atom. The van der Waals surface area contributed by atoms with Gasteiger partial charge in [-0.15, -0.1) is 0 Å². The molecule has 2 heterocycles. The summed E-state index contributed by atoms with van der Waals surface area (Å²) < 4.78 is 35.2. The van der Waals surface area contributed by atoms with Crippen molar-refractivity contribution >= 4 is 0 Å². The van der Waals surface area contributed by atoms with Crippen LogP contribution in [0.15, 0.2) is 18.2 Å². The van der Waals surface area contributed by atoms with Crippen molar-refractivity contribution in [2.75, 3.05) is 60.8 Å². The van der Waals surface area contributed by atoms with Crippen LogP contribution in [0.5, 0.6) is 11.5 Å². The summed E-state index contributed by atoms with van der Waals surface area (Å²) in [7, 11) is 6.56. The average Bonchev–Trinajstić information content (AvgIpc) is 3.23. The van der Waals surface area contributed by atoms with Gasteiger partial charge in [-0.1, -0.05) is 103 Å². The van der Waals surface area contributed by atoms with Gasteiger partial charge < -0.3 is 73.8 Å². The quantitative estimate of drug-likeness (QED) is 0.0362. The summed E-state index contributed by atoms with van der Waals surface area (Å²) in [4.78, 5) is 0. The van der Waals surface area contributed by atoms with Crippen molar-refractivity contribution in [2.24, 2.45) is 0 Å². The summed E-state index contributed by atoms with van der Waals surface area (Å²) in [6.45, 7) is 2.13. The van der Waals surface area contributed by atoms with Gasteiger partial charge in [-0.3, -0.25) is 0 Å². The van der Waals surface area contributed by atoms with E-state index in [9.17, 15) is 40.9 Å². The molecule has 10 atom stereocenters. The molecule has 1 aromatic rings. The molecule has 15 nitrogen and oxygen atoms in total. The van der Waals surface area contributed by atoms with Gasteiger partial charge in [0.2, 0.25) is 0 Å². The topological polar surface area (TPSA) is 217 Å². The zero-order chi connectivity index (χ0) is 44.5. The van der Waals surface area contributed by atoms with Crippen molar-refractivity contribution in [2.45, 2.75) is 196 Å². The van der Waals surface area contributed by atoms with Crippen LogP contribution >= 0.6 is 0 Å². The minimum Gasteiger partial charge on any atom is -0.493 e. The molecular formula is C46H84NO14+. The fourth-order valence-corrected chi connectivity index (χ4v) is 7.86. The fourth-order valence-electron chi connectivity index (χ4n) is 7.86. The van der Waals surface area contributed by atoms with E-state index in [0.29, 0.717) is 26.4 Å². The minimum atomic E-state index is -1.41. The fraction of sp³-hybridized carbons (Fsp3) is 0.870. The van der Waals surface area contributed by atoms with Crippen LogP contribution in [0.25, 0.3) is 0 Å². The molecule has 0 aromatic heterocycles. The number of hydrogen-bond donors (Lipinski definition) is 8. The first-order valence-electron chi connectivity index (χ1n) is 23.4. The van der Waals surface area contributed by atoms with Gasteiger partial charge in [-0.05, 0) is 37.8 Å². The molecule has 2 fully saturated rings. The van der Waals surface area contributed by atoms with Gasteiger partial charge in [0.1, 0.15) is 66.9 Å². The van der Waals surface area contributed by atoms with Gasteiger partial charge in [0.15, 0.2) is 12.6 Å². The van der Waals surface area contributed by atoms with E-state index in [4.69, 9.17) is 28.4 Å². The van der Waals surface area contributed by atoms with Crippen molar-refractivity contribution < 1.29 is 73.8 Å². The summed E-state index contributed by atoms with van der Waals surface area (Å²) >= 11 is 0. The lowest BCUT2D eigenvalue weighted by Crippen LogP contribution is -2.59. The van der Waals surface area contributed by atoms with E-state index in [1.165, 1.54) is 69.8 Å². The van der Waals surface area contributed by atoms with Gasteiger partial charge in [-0.2, -0.15) is 0 Å². The van der Waals surface area contributed by atoms with E-state index in [0.717, 1.165) is 86.7 Å². The number of nitrogens with zero attached hydrogens (tertiary/aromatic N) is 1. The lowest BCUT2D eigenvalue weighted by atomic mass is 9.99. The highest BCUT2D eigenvalue weighted by Crippen LogP contribution is 2.27. The maximum atomic E-state index is 10.1. The molecule has 2 aliphatic rings. The number of ether oxygens (including phenoxy) is 6. The third-order valence-corrected chi connectivity index (χ3v) is 11.5. The number of benzene rings is 1. The van der Waals surface area contributed by atoms with E-state index >= 15 is 0 Å². The molecule has 356 valence electrons. The second-order valence-corrected chi connectivity index (χ2v) is 18.2. The van der Waals surface area contributed by atoms with Gasteiger partial charge in [-0.25, -0.2) is 0 Å². The normalized spacial score (nSPS) is 27.1. The number of rotatable bonds is 34. The number of hydrogen-bond acceptors (Lipinski definition) is 14. The third kappa shape index (κ3) is 21.2. The van der Waals surface area contributed by atoms with Crippen LogP contribution < -0.4 is 9.47 Å². The first kappa shape index (κ1) is 53.6. The van der Waals surface area contributed by atoms with Crippen LogP contribution in [0, 0.1) is 0 Å². The van der Waals surface area contributed by atoms with Crippen LogP contribution in [0.3, 0.4) is 0 Å². The molecule has 0 amide bonds. The Labute approximate surface area is 365 Å². The second kappa shape index (κ2) is 30.4. The van der Waals surface area contributed by atoms with Gasteiger partial charge in [0.25, 0.3) is 0 Å². The Bertz CT molecular complexity index is 1170. The van der Waals surface area contributed by atoms with Crippen LogP contribution in [-0.4, -0.2) is 168 Å². The molecular weight excluding hydrogens is 790 g/mol. The summed E-state index contributed by atoms with van der Waals surface area (Å²) in [6.07, 6.45) is 9.94. The standard InChI is InChI=1S/C46H84NO14/c1-47(2,3)31-34-28-35(56-24-20-16-12-8-4-6-10-14-18-22-26-58-45-43(54)41(52)39(50)37(32-48)60-45)30-36(29-34)57-25-21-17-13-9-5-7-11-15-19-23-27-59-46-44(55)42(53)40(51)38(33-49)61-46/h28-30,37-46,48-55H,4-27,31-33H2,1-3H3/q+1/t37-,38-,39+,40+,41+,42+,43-,44-,45-,46-/m1/s1. The van der Waals surface area contributed by atoms with Crippen LogP contribution in [0.2, 0.25) is 0 Å². The highest BCUT2D eigenvalue weighted by Gasteiger charge is 2.45. The Balaban J connectivity index is 1.16. The van der Waals surface area contributed by atoms with Crippen molar-refractivity contribution in [1.29, 1.82) is 0 Å². The van der Waals surface area contributed by atoms with Gasteiger partial charge >= 0.3 is 0 Å². The summed E-state index contributed by atoms with van der Waals surface area (Å²) in [5, 5.41) is 78.2. The average molecular weight is 875 g/mol. The first-order chi connectivity index (χ1) is 29.3. The van der Waals surface area contributed by atoms with Crippen molar-refractivity contribution in [1.82, 2.24) is 0 Å². The Morgan fingerprint density at radius 3 is 1.05 bits per heavy atom. The molecule has 8 N–H and O–H groups in total. The molecule has 61 heavy (non-hydrogen) atoms. The van der Waals surface area contributed by atoms with E-state index in [1.807, 2.05) is 6.07 Å². The largest absolute Gasteiger partial charge is 0.493 e. The lowest BCUT2D eigenvalue weighted by molar-refractivity contribution is -0.884. The maximum Gasteiger partial charge on any atom is 0.186 e. The lowest BCUT2D eigenvalue weighted by Gasteiger charge is -2.39. The highest BCUT2D eigenvalue weighted by molar-refractivity contribution is 5.38. The monoisotopic (exact) mass is 875 g/mol. The molecule has 0 bridgehead atoms.